The number of rotatable bonds is 4. The molecule has 2 nitrogen and oxygen atoms in total. The van der Waals surface area contributed by atoms with E-state index in [0.29, 0.717) is 11.8 Å². The van der Waals surface area contributed by atoms with Crippen LogP contribution in [0.15, 0.2) is 18.3 Å². The van der Waals surface area contributed by atoms with Crippen molar-refractivity contribution < 1.29 is 4.74 Å². The molecule has 0 fully saturated rings. The molecule has 66 valence electrons. The molecular weight excluding hydrogens is 194 g/mol. The molecular formula is C8H10ClNOS. The summed E-state index contributed by atoms with van der Waals surface area (Å²) >= 11 is 7.35. The molecule has 0 aliphatic rings. The van der Waals surface area contributed by atoms with Gasteiger partial charge in [-0.2, -0.15) is 11.8 Å². The van der Waals surface area contributed by atoms with E-state index in [1.165, 1.54) is 0 Å². The highest BCUT2D eigenvalue weighted by atomic mass is 35.5. The fourth-order valence-electron chi connectivity index (χ4n) is 0.690. The van der Waals surface area contributed by atoms with E-state index in [0.717, 1.165) is 11.5 Å². The van der Waals surface area contributed by atoms with Crippen molar-refractivity contribution in [3.05, 3.63) is 23.5 Å². The van der Waals surface area contributed by atoms with E-state index in [1.54, 1.807) is 24.0 Å². The molecule has 1 rings (SSSR count). The zero-order valence-electron chi connectivity index (χ0n) is 6.79. The normalized spacial score (nSPS) is 9.83. The summed E-state index contributed by atoms with van der Waals surface area (Å²) in [5, 5.41) is 0.493. The minimum atomic E-state index is 0.493. The predicted octanol–water partition coefficient (Wildman–Crippen LogP) is 2.48. The summed E-state index contributed by atoms with van der Waals surface area (Å²) in [7, 11) is 0. The SMILES string of the molecule is CSCCOc1ccc(Cl)nc1. The lowest BCUT2D eigenvalue weighted by Crippen LogP contribution is -1.99. The van der Waals surface area contributed by atoms with Gasteiger partial charge in [-0.25, -0.2) is 4.98 Å². The third-order valence-corrected chi connectivity index (χ3v) is 2.05. The van der Waals surface area contributed by atoms with Gasteiger partial charge in [-0.3, -0.25) is 0 Å². The van der Waals surface area contributed by atoms with Crippen LogP contribution >= 0.6 is 23.4 Å². The molecule has 0 amide bonds. The van der Waals surface area contributed by atoms with Crippen LogP contribution in [-0.2, 0) is 0 Å². The third-order valence-electron chi connectivity index (χ3n) is 1.26. The maximum absolute atomic E-state index is 5.60. The summed E-state index contributed by atoms with van der Waals surface area (Å²) in [4.78, 5) is 3.89. The van der Waals surface area contributed by atoms with Gasteiger partial charge >= 0.3 is 0 Å². The summed E-state index contributed by atoms with van der Waals surface area (Å²) < 4.78 is 5.36. The number of nitrogens with zero attached hydrogens (tertiary/aromatic N) is 1. The molecule has 0 radical (unpaired) electrons. The van der Waals surface area contributed by atoms with Crippen LogP contribution in [0.3, 0.4) is 0 Å². The average Bonchev–Trinajstić information content (AvgIpc) is 2.09. The molecule has 1 heterocycles. The summed E-state index contributed by atoms with van der Waals surface area (Å²) in [5.74, 6) is 1.76. The van der Waals surface area contributed by atoms with Gasteiger partial charge in [0.15, 0.2) is 0 Å². The number of hydrogen-bond acceptors (Lipinski definition) is 3. The molecule has 0 bridgehead atoms. The lowest BCUT2D eigenvalue weighted by Gasteiger charge is -2.03. The van der Waals surface area contributed by atoms with Crippen molar-refractivity contribution in [2.75, 3.05) is 18.6 Å². The predicted molar refractivity (Wildman–Crippen MR) is 53.1 cm³/mol. The molecule has 0 unspecified atom stereocenters. The van der Waals surface area contributed by atoms with E-state index in [2.05, 4.69) is 4.98 Å². The maximum atomic E-state index is 5.60. The van der Waals surface area contributed by atoms with Gasteiger partial charge in [-0.1, -0.05) is 11.6 Å². The second kappa shape index (κ2) is 5.27. The molecule has 0 N–H and O–H groups in total. The van der Waals surface area contributed by atoms with Crippen molar-refractivity contribution in [1.29, 1.82) is 0 Å². The van der Waals surface area contributed by atoms with Crippen LogP contribution in [-0.4, -0.2) is 23.6 Å². The molecule has 0 aromatic carbocycles. The van der Waals surface area contributed by atoms with Crippen LogP contribution < -0.4 is 4.74 Å². The summed E-state index contributed by atoms with van der Waals surface area (Å²) in [6.45, 7) is 0.713. The van der Waals surface area contributed by atoms with Crippen molar-refractivity contribution in [2.45, 2.75) is 0 Å². The first-order valence-corrected chi connectivity index (χ1v) is 5.33. The van der Waals surface area contributed by atoms with Gasteiger partial charge in [0.25, 0.3) is 0 Å². The Morgan fingerprint density at radius 1 is 1.58 bits per heavy atom. The number of aromatic nitrogens is 1. The van der Waals surface area contributed by atoms with Crippen molar-refractivity contribution in [1.82, 2.24) is 4.98 Å². The highest BCUT2D eigenvalue weighted by molar-refractivity contribution is 7.98. The second-order valence-electron chi connectivity index (χ2n) is 2.16. The van der Waals surface area contributed by atoms with Crippen LogP contribution in [0, 0.1) is 0 Å². The Morgan fingerprint density at radius 3 is 3.00 bits per heavy atom. The molecule has 1 aromatic rings. The van der Waals surface area contributed by atoms with Gasteiger partial charge in [-0.15, -0.1) is 0 Å². The van der Waals surface area contributed by atoms with Gasteiger partial charge in [0.2, 0.25) is 0 Å². The van der Waals surface area contributed by atoms with Crippen molar-refractivity contribution in [3.8, 4) is 5.75 Å². The number of thioether (sulfide) groups is 1. The molecule has 1 aromatic heterocycles. The molecule has 0 saturated carbocycles. The molecule has 12 heavy (non-hydrogen) atoms. The average molecular weight is 204 g/mol. The topological polar surface area (TPSA) is 22.1 Å². The smallest absolute Gasteiger partial charge is 0.137 e. The molecule has 0 atom stereocenters. The quantitative estimate of drug-likeness (QED) is 0.555. The Bertz CT molecular complexity index is 227. The molecule has 0 aliphatic carbocycles. The zero-order valence-corrected chi connectivity index (χ0v) is 8.36. The van der Waals surface area contributed by atoms with E-state index in [9.17, 15) is 0 Å². The molecule has 0 aliphatic heterocycles. The maximum Gasteiger partial charge on any atom is 0.137 e. The Labute approximate surface area is 81.3 Å². The minimum Gasteiger partial charge on any atom is -0.491 e. The van der Waals surface area contributed by atoms with Crippen molar-refractivity contribution >= 4 is 23.4 Å². The van der Waals surface area contributed by atoms with E-state index < -0.39 is 0 Å². The number of halogens is 1. The Hall–Kier alpha value is -0.410. The first-order chi connectivity index (χ1) is 5.83. The zero-order chi connectivity index (χ0) is 8.81. The first-order valence-electron chi connectivity index (χ1n) is 3.56. The van der Waals surface area contributed by atoms with Gasteiger partial charge < -0.3 is 4.74 Å². The fraction of sp³-hybridized carbons (Fsp3) is 0.375. The van der Waals surface area contributed by atoms with E-state index >= 15 is 0 Å². The highest BCUT2D eigenvalue weighted by Gasteiger charge is 1.93. The van der Waals surface area contributed by atoms with Crippen molar-refractivity contribution in [2.24, 2.45) is 0 Å². The number of ether oxygens (including phenoxy) is 1. The van der Waals surface area contributed by atoms with E-state index in [-0.39, 0.29) is 0 Å². The van der Waals surface area contributed by atoms with Crippen LogP contribution in [0.4, 0.5) is 0 Å². The van der Waals surface area contributed by atoms with Crippen LogP contribution in [0.2, 0.25) is 5.15 Å². The van der Waals surface area contributed by atoms with Crippen molar-refractivity contribution in [3.63, 3.8) is 0 Å². The Balaban J connectivity index is 2.37. The van der Waals surface area contributed by atoms with E-state index in [1.807, 2.05) is 12.3 Å². The minimum absolute atomic E-state index is 0.493. The third kappa shape index (κ3) is 3.32. The Morgan fingerprint density at radius 2 is 2.42 bits per heavy atom. The number of hydrogen-bond donors (Lipinski definition) is 0. The van der Waals surface area contributed by atoms with Crippen LogP contribution in [0.25, 0.3) is 0 Å². The molecule has 4 heteroatoms. The van der Waals surface area contributed by atoms with Crippen LogP contribution in [0.5, 0.6) is 5.75 Å². The van der Waals surface area contributed by atoms with Crippen LogP contribution in [0.1, 0.15) is 0 Å². The molecule has 0 saturated heterocycles. The Kier molecular flexibility index (Phi) is 4.25. The first kappa shape index (κ1) is 9.68. The standard InChI is InChI=1S/C8H10ClNOS/c1-12-5-4-11-7-2-3-8(9)10-6-7/h2-3,6H,4-5H2,1H3. The second-order valence-corrected chi connectivity index (χ2v) is 3.53. The van der Waals surface area contributed by atoms with Gasteiger partial charge in [0.1, 0.15) is 10.9 Å². The largest absolute Gasteiger partial charge is 0.491 e. The summed E-state index contributed by atoms with van der Waals surface area (Å²) in [5.41, 5.74) is 0. The number of pyridine rings is 1. The lowest BCUT2D eigenvalue weighted by atomic mass is 10.5. The summed E-state index contributed by atoms with van der Waals surface area (Å²) in [6.07, 6.45) is 3.67. The fourth-order valence-corrected chi connectivity index (χ4v) is 1.05. The van der Waals surface area contributed by atoms with E-state index in [4.69, 9.17) is 16.3 Å². The highest BCUT2D eigenvalue weighted by Crippen LogP contribution is 2.11. The van der Waals surface area contributed by atoms with Gasteiger partial charge in [-0.05, 0) is 18.4 Å². The lowest BCUT2D eigenvalue weighted by molar-refractivity contribution is 0.342. The van der Waals surface area contributed by atoms with Gasteiger partial charge in [0.05, 0.1) is 12.8 Å². The molecule has 0 spiro atoms. The van der Waals surface area contributed by atoms with Gasteiger partial charge in [0, 0.05) is 5.75 Å². The summed E-state index contributed by atoms with van der Waals surface area (Å²) in [6, 6.07) is 3.53. The monoisotopic (exact) mass is 203 g/mol.